The molecule has 60 valence electrons. The van der Waals surface area contributed by atoms with Crippen molar-refractivity contribution in [3.63, 3.8) is 0 Å². The van der Waals surface area contributed by atoms with Gasteiger partial charge in [0.25, 0.3) is 0 Å². The summed E-state index contributed by atoms with van der Waals surface area (Å²) in [6.07, 6.45) is 1.67. The van der Waals surface area contributed by atoms with Gasteiger partial charge in [0, 0.05) is 6.20 Å². The van der Waals surface area contributed by atoms with Gasteiger partial charge in [0.2, 0.25) is 0 Å². The van der Waals surface area contributed by atoms with E-state index in [0.717, 1.165) is 5.56 Å². The van der Waals surface area contributed by atoms with E-state index in [-0.39, 0.29) is 0 Å². The number of ether oxygens (including phenoxy) is 1. The molecule has 0 bridgehead atoms. The molecule has 0 aromatic carbocycles. The molecule has 3 heteroatoms. The van der Waals surface area contributed by atoms with Gasteiger partial charge in [0.15, 0.2) is 10.9 Å². The molecule has 1 heterocycles. The maximum Gasteiger partial charge on any atom is 0.171 e. The van der Waals surface area contributed by atoms with Crippen molar-refractivity contribution >= 4 is 11.6 Å². The van der Waals surface area contributed by atoms with Crippen LogP contribution in [-0.2, 0) is 0 Å². The largest absolute Gasteiger partial charge is 0.490 e. The standard InChI is InChI=1S/C8H10ClNO/c1-3-11-7-6(2)4-5-10-8(7)9/h4-5H,3H2,1-2H3. The fourth-order valence-corrected chi connectivity index (χ4v) is 1.09. The molecule has 0 aliphatic carbocycles. The van der Waals surface area contributed by atoms with E-state index < -0.39 is 0 Å². The van der Waals surface area contributed by atoms with Crippen LogP contribution in [0.5, 0.6) is 5.75 Å². The number of aryl methyl sites for hydroxylation is 1. The van der Waals surface area contributed by atoms with Gasteiger partial charge in [-0.3, -0.25) is 0 Å². The summed E-state index contributed by atoms with van der Waals surface area (Å²) in [5.41, 5.74) is 1.02. The third kappa shape index (κ3) is 1.84. The first-order chi connectivity index (χ1) is 5.25. The first-order valence-corrected chi connectivity index (χ1v) is 3.87. The van der Waals surface area contributed by atoms with E-state index in [0.29, 0.717) is 17.5 Å². The highest BCUT2D eigenvalue weighted by Gasteiger charge is 2.03. The molecule has 1 aromatic rings. The summed E-state index contributed by atoms with van der Waals surface area (Å²) < 4.78 is 5.27. The third-order valence-corrected chi connectivity index (χ3v) is 1.62. The third-order valence-electron chi connectivity index (χ3n) is 1.35. The SMILES string of the molecule is CCOc1c(C)ccnc1Cl. The lowest BCUT2D eigenvalue weighted by Gasteiger charge is -2.06. The lowest BCUT2D eigenvalue weighted by molar-refractivity contribution is 0.336. The van der Waals surface area contributed by atoms with Gasteiger partial charge in [0.1, 0.15) is 0 Å². The Morgan fingerprint density at radius 2 is 2.36 bits per heavy atom. The van der Waals surface area contributed by atoms with Crippen LogP contribution in [0.15, 0.2) is 12.3 Å². The number of hydrogen-bond acceptors (Lipinski definition) is 2. The van der Waals surface area contributed by atoms with Gasteiger partial charge < -0.3 is 4.74 Å². The fraction of sp³-hybridized carbons (Fsp3) is 0.375. The highest BCUT2D eigenvalue weighted by molar-refractivity contribution is 6.30. The maximum atomic E-state index is 5.77. The van der Waals surface area contributed by atoms with E-state index in [2.05, 4.69) is 4.98 Å². The normalized spacial score (nSPS) is 9.73. The Morgan fingerprint density at radius 3 is 2.91 bits per heavy atom. The van der Waals surface area contributed by atoms with Crippen LogP contribution in [0.3, 0.4) is 0 Å². The van der Waals surface area contributed by atoms with Crippen LogP contribution >= 0.6 is 11.6 Å². The Hall–Kier alpha value is -0.760. The molecule has 1 aromatic heterocycles. The smallest absolute Gasteiger partial charge is 0.171 e. The van der Waals surface area contributed by atoms with Gasteiger partial charge >= 0.3 is 0 Å². The van der Waals surface area contributed by atoms with Crippen LogP contribution in [0.2, 0.25) is 5.15 Å². The second kappa shape index (κ2) is 3.58. The molecule has 0 N–H and O–H groups in total. The maximum absolute atomic E-state index is 5.77. The van der Waals surface area contributed by atoms with Crippen molar-refractivity contribution in [2.24, 2.45) is 0 Å². The molecule has 1 rings (SSSR count). The minimum absolute atomic E-state index is 0.437. The van der Waals surface area contributed by atoms with Gasteiger partial charge in [-0.05, 0) is 25.5 Å². The number of hydrogen-bond donors (Lipinski definition) is 0. The zero-order valence-corrected chi connectivity index (χ0v) is 7.35. The first kappa shape index (κ1) is 8.34. The molecule has 0 saturated heterocycles. The summed E-state index contributed by atoms with van der Waals surface area (Å²) in [5.74, 6) is 0.691. The van der Waals surface area contributed by atoms with Crippen molar-refractivity contribution in [3.05, 3.63) is 23.0 Å². The number of aromatic nitrogens is 1. The number of rotatable bonds is 2. The predicted molar refractivity (Wildman–Crippen MR) is 45.2 cm³/mol. The summed E-state index contributed by atoms with van der Waals surface area (Å²) >= 11 is 5.77. The van der Waals surface area contributed by atoms with Crippen molar-refractivity contribution in [2.45, 2.75) is 13.8 Å². The number of halogens is 1. The number of pyridine rings is 1. The molecule has 0 aliphatic rings. The van der Waals surface area contributed by atoms with E-state index in [1.165, 1.54) is 0 Å². The average Bonchev–Trinajstić information content (AvgIpc) is 1.97. The van der Waals surface area contributed by atoms with Crippen molar-refractivity contribution in [1.29, 1.82) is 0 Å². The molecular weight excluding hydrogens is 162 g/mol. The second-order valence-corrected chi connectivity index (χ2v) is 2.54. The molecule has 0 unspecified atom stereocenters. The van der Waals surface area contributed by atoms with Gasteiger partial charge in [-0.1, -0.05) is 11.6 Å². The van der Waals surface area contributed by atoms with E-state index in [4.69, 9.17) is 16.3 Å². The lowest BCUT2D eigenvalue weighted by Crippen LogP contribution is -1.95. The molecule has 0 fully saturated rings. The van der Waals surface area contributed by atoms with Gasteiger partial charge in [-0.2, -0.15) is 0 Å². The average molecular weight is 172 g/mol. The van der Waals surface area contributed by atoms with Crippen molar-refractivity contribution in [2.75, 3.05) is 6.61 Å². The van der Waals surface area contributed by atoms with Crippen LogP contribution in [0.4, 0.5) is 0 Å². The molecule has 0 atom stereocenters. The summed E-state index contributed by atoms with van der Waals surface area (Å²) in [5, 5.41) is 0.437. The van der Waals surface area contributed by atoms with Gasteiger partial charge in [-0.15, -0.1) is 0 Å². The van der Waals surface area contributed by atoms with E-state index in [9.17, 15) is 0 Å². The molecule has 0 spiro atoms. The zero-order valence-electron chi connectivity index (χ0n) is 6.60. The Labute approximate surface area is 71.2 Å². The molecule has 0 aliphatic heterocycles. The predicted octanol–water partition coefficient (Wildman–Crippen LogP) is 2.44. The summed E-state index contributed by atoms with van der Waals surface area (Å²) in [6, 6.07) is 1.87. The highest BCUT2D eigenvalue weighted by atomic mass is 35.5. The first-order valence-electron chi connectivity index (χ1n) is 3.49. The van der Waals surface area contributed by atoms with Crippen molar-refractivity contribution < 1.29 is 4.74 Å². The van der Waals surface area contributed by atoms with E-state index >= 15 is 0 Å². The van der Waals surface area contributed by atoms with Gasteiger partial charge in [-0.25, -0.2) is 4.98 Å². The molecule has 0 radical (unpaired) electrons. The molecular formula is C8H10ClNO. The van der Waals surface area contributed by atoms with Crippen LogP contribution in [0.1, 0.15) is 12.5 Å². The quantitative estimate of drug-likeness (QED) is 0.638. The molecule has 0 amide bonds. The zero-order chi connectivity index (χ0) is 8.27. The molecule has 11 heavy (non-hydrogen) atoms. The van der Waals surface area contributed by atoms with Crippen LogP contribution in [-0.4, -0.2) is 11.6 Å². The Morgan fingerprint density at radius 1 is 1.64 bits per heavy atom. The van der Waals surface area contributed by atoms with Gasteiger partial charge in [0.05, 0.1) is 6.61 Å². The Kier molecular flexibility index (Phi) is 2.71. The Bertz CT molecular complexity index is 230. The summed E-state index contributed by atoms with van der Waals surface area (Å²) in [6.45, 7) is 4.48. The topological polar surface area (TPSA) is 22.1 Å². The molecule has 0 saturated carbocycles. The summed E-state index contributed by atoms with van der Waals surface area (Å²) in [4.78, 5) is 3.90. The van der Waals surface area contributed by atoms with Crippen LogP contribution < -0.4 is 4.74 Å². The minimum Gasteiger partial charge on any atom is -0.490 e. The van der Waals surface area contributed by atoms with Crippen molar-refractivity contribution in [1.82, 2.24) is 4.98 Å². The van der Waals surface area contributed by atoms with Crippen LogP contribution in [0, 0.1) is 6.92 Å². The Balaban J connectivity index is 3.00. The highest BCUT2D eigenvalue weighted by Crippen LogP contribution is 2.24. The van der Waals surface area contributed by atoms with E-state index in [1.807, 2.05) is 19.9 Å². The minimum atomic E-state index is 0.437. The number of nitrogens with zero attached hydrogens (tertiary/aromatic N) is 1. The second-order valence-electron chi connectivity index (χ2n) is 2.18. The van der Waals surface area contributed by atoms with Crippen molar-refractivity contribution in [3.8, 4) is 5.75 Å². The van der Waals surface area contributed by atoms with Crippen LogP contribution in [0.25, 0.3) is 0 Å². The fourth-order valence-electron chi connectivity index (χ4n) is 0.829. The monoisotopic (exact) mass is 171 g/mol. The molecule has 2 nitrogen and oxygen atoms in total. The lowest BCUT2D eigenvalue weighted by atomic mass is 10.3. The van der Waals surface area contributed by atoms with E-state index in [1.54, 1.807) is 6.20 Å². The summed E-state index contributed by atoms with van der Waals surface area (Å²) in [7, 11) is 0.